The summed E-state index contributed by atoms with van der Waals surface area (Å²) in [6.07, 6.45) is 9.64. The van der Waals surface area contributed by atoms with Crippen LogP contribution < -0.4 is 0 Å². The standard InChI is InChI=1S/C19H28N2O3/c1-23-13-4-11-21-18-9-12-20(15-16(18)7-8-19(21)22)10-2-5-17-6-3-14-24-17/h2-3,5-6,14,16,18H,4,7-13,15H2,1H3/b5-2+/t16-,18+/m1/s1. The molecule has 1 aromatic rings. The Labute approximate surface area is 144 Å². The molecule has 3 heterocycles. The van der Waals surface area contributed by atoms with Crippen LogP contribution in [0, 0.1) is 5.92 Å². The van der Waals surface area contributed by atoms with Crippen LogP contribution in [0.3, 0.4) is 0 Å². The van der Waals surface area contributed by atoms with Crippen LogP contribution in [0.25, 0.3) is 6.08 Å². The third-order valence-corrected chi connectivity index (χ3v) is 5.16. The Balaban J connectivity index is 1.51. The Hall–Kier alpha value is -1.59. The Morgan fingerprint density at radius 3 is 3.12 bits per heavy atom. The lowest BCUT2D eigenvalue weighted by atomic mass is 9.83. The summed E-state index contributed by atoms with van der Waals surface area (Å²) in [4.78, 5) is 16.9. The van der Waals surface area contributed by atoms with Gasteiger partial charge in [0.15, 0.2) is 0 Å². The first kappa shape index (κ1) is 17.2. The molecule has 0 aromatic carbocycles. The maximum Gasteiger partial charge on any atom is 0.222 e. The predicted octanol–water partition coefficient (Wildman–Crippen LogP) is 2.64. The molecule has 24 heavy (non-hydrogen) atoms. The molecule has 2 fully saturated rings. The van der Waals surface area contributed by atoms with Gasteiger partial charge in [-0.25, -0.2) is 0 Å². The van der Waals surface area contributed by atoms with Crippen LogP contribution in [0.2, 0.25) is 0 Å². The van der Waals surface area contributed by atoms with E-state index in [1.165, 1.54) is 0 Å². The van der Waals surface area contributed by atoms with E-state index in [1.54, 1.807) is 13.4 Å². The average Bonchev–Trinajstić information content (AvgIpc) is 3.10. The first-order chi connectivity index (χ1) is 11.8. The Morgan fingerprint density at radius 1 is 1.42 bits per heavy atom. The lowest BCUT2D eigenvalue weighted by Crippen LogP contribution is -2.56. The second-order valence-corrected chi connectivity index (χ2v) is 6.77. The molecule has 0 N–H and O–H groups in total. The molecule has 0 unspecified atom stereocenters. The van der Waals surface area contributed by atoms with Crippen molar-refractivity contribution in [2.45, 2.75) is 31.7 Å². The Bertz CT molecular complexity index is 541. The van der Waals surface area contributed by atoms with Crippen LogP contribution in [-0.4, -0.2) is 61.6 Å². The van der Waals surface area contributed by atoms with Crippen molar-refractivity contribution in [1.82, 2.24) is 9.80 Å². The lowest BCUT2D eigenvalue weighted by Gasteiger charge is -2.47. The van der Waals surface area contributed by atoms with E-state index >= 15 is 0 Å². The number of likely N-dealkylation sites (tertiary alicyclic amines) is 2. The van der Waals surface area contributed by atoms with Crippen molar-refractivity contribution in [2.75, 3.05) is 39.9 Å². The highest BCUT2D eigenvalue weighted by Gasteiger charge is 2.38. The van der Waals surface area contributed by atoms with Crippen LogP contribution >= 0.6 is 0 Å². The van der Waals surface area contributed by atoms with Gasteiger partial charge in [0.05, 0.1) is 6.26 Å². The number of ether oxygens (including phenoxy) is 1. The number of furan rings is 1. The van der Waals surface area contributed by atoms with Crippen molar-refractivity contribution >= 4 is 12.0 Å². The zero-order valence-electron chi connectivity index (χ0n) is 14.5. The monoisotopic (exact) mass is 332 g/mol. The van der Waals surface area contributed by atoms with Crippen molar-refractivity contribution in [2.24, 2.45) is 5.92 Å². The number of fused-ring (bicyclic) bond motifs is 1. The lowest BCUT2D eigenvalue weighted by molar-refractivity contribution is -0.141. The number of rotatable bonds is 7. The van der Waals surface area contributed by atoms with Gasteiger partial charge in [0.1, 0.15) is 5.76 Å². The van der Waals surface area contributed by atoms with Gasteiger partial charge in [0.2, 0.25) is 5.91 Å². The molecular formula is C19H28N2O3. The molecule has 2 aliphatic heterocycles. The van der Waals surface area contributed by atoms with Gasteiger partial charge < -0.3 is 14.1 Å². The molecule has 0 radical (unpaired) electrons. The van der Waals surface area contributed by atoms with Crippen molar-refractivity contribution in [3.8, 4) is 0 Å². The first-order valence-electron chi connectivity index (χ1n) is 8.98. The number of carbonyl (C=O) groups is 1. The largest absolute Gasteiger partial charge is 0.465 e. The second-order valence-electron chi connectivity index (χ2n) is 6.77. The highest BCUT2D eigenvalue weighted by molar-refractivity contribution is 5.77. The van der Waals surface area contributed by atoms with Gasteiger partial charge in [0.25, 0.3) is 0 Å². The zero-order valence-corrected chi connectivity index (χ0v) is 14.5. The number of amides is 1. The van der Waals surface area contributed by atoms with Crippen molar-refractivity contribution in [3.63, 3.8) is 0 Å². The maximum atomic E-state index is 12.3. The van der Waals surface area contributed by atoms with E-state index < -0.39 is 0 Å². The molecule has 3 rings (SSSR count). The van der Waals surface area contributed by atoms with Gasteiger partial charge in [0, 0.05) is 52.4 Å². The van der Waals surface area contributed by atoms with Crippen LogP contribution in [0.4, 0.5) is 0 Å². The topological polar surface area (TPSA) is 45.9 Å². The SMILES string of the molecule is COCCCN1C(=O)CC[C@@H]2CN(C/C=C/c3ccco3)CC[C@@H]21. The quantitative estimate of drug-likeness (QED) is 0.720. The fraction of sp³-hybridized carbons (Fsp3) is 0.632. The normalized spacial score (nSPS) is 25.4. The van der Waals surface area contributed by atoms with E-state index in [0.717, 1.165) is 57.8 Å². The van der Waals surface area contributed by atoms with Gasteiger partial charge in [-0.15, -0.1) is 0 Å². The number of piperidine rings is 2. The molecule has 5 nitrogen and oxygen atoms in total. The molecule has 2 atom stereocenters. The molecule has 0 bridgehead atoms. The highest BCUT2D eigenvalue weighted by atomic mass is 16.5. The molecule has 2 aliphatic rings. The molecule has 2 saturated heterocycles. The number of hydrogen-bond donors (Lipinski definition) is 0. The summed E-state index contributed by atoms with van der Waals surface area (Å²) in [6.45, 7) is 4.65. The van der Waals surface area contributed by atoms with E-state index in [4.69, 9.17) is 9.15 Å². The van der Waals surface area contributed by atoms with E-state index in [0.29, 0.717) is 24.3 Å². The summed E-state index contributed by atoms with van der Waals surface area (Å²) in [5.74, 6) is 1.84. The molecule has 1 amide bonds. The maximum absolute atomic E-state index is 12.3. The van der Waals surface area contributed by atoms with Crippen molar-refractivity contribution in [1.29, 1.82) is 0 Å². The highest BCUT2D eigenvalue weighted by Crippen LogP contribution is 2.31. The van der Waals surface area contributed by atoms with Crippen LogP contribution in [0.1, 0.15) is 31.4 Å². The third kappa shape index (κ3) is 4.28. The molecule has 1 aromatic heterocycles. The summed E-state index contributed by atoms with van der Waals surface area (Å²) in [5.41, 5.74) is 0. The van der Waals surface area contributed by atoms with Gasteiger partial charge in [-0.05, 0) is 43.4 Å². The summed E-state index contributed by atoms with van der Waals surface area (Å²) in [7, 11) is 1.72. The predicted molar refractivity (Wildman–Crippen MR) is 93.5 cm³/mol. The fourth-order valence-corrected chi connectivity index (χ4v) is 3.97. The summed E-state index contributed by atoms with van der Waals surface area (Å²) in [5, 5.41) is 0. The Morgan fingerprint density at radius 2 is 2.33 bits per heavy atom. The van der Waals surface area contributed by atoms with Gasteiger partial charge >= 0.3 is 0 Å². The van der Waals surface area contributed by atoms with E-state index in [9.17, 15) is 4.79 Å². The van der Waals surface area contributed by atoms with E-state index in [2.05, 4.69) is 15.9 Å². The smallest absolute Gasteiger partial charge is 0.222 e. The number of carbonyl (C=O) groups excluding carboxylic acids is 1. The molecule has 132 valence electrons. The molecule has 0 aliphatic carbocycles. The van der Waals surface area contributed by atoms with Crippen molar-refractivity contribution < 1.29 is 13.9 Å². The van der Waals surface area contributed by atoms with E-state index in [-0.39, 0.29) is 0 Å². The van der Waals surface area contributed by atoms with Gasteiger partial charge in [-0.2, -0.15) is 0 Å². The average molecular weight is 332 g/mol. The summed E-state index contributed by atoms with van der Waals surface area (Å²) < 4.78 is 10.5. The first-order valence-corrected chi connectivity index (χ1v) is 8.98. The molecule has 0 spiro atoms. The number of methoxy groups -OCH3 is 1. The van der Waals surface area contributed by atoms with Crippen LogP contribution in [0.5, 0.6) is 0 Å². The minimum Gasteiger partial charge on any atom is -0.465 e. The van der Waals surface area contributed by atoms with Crippen LogP contribution in [0.15, 0.2) is 28.9 Å². The Kier molecular flexibility index (Phi) is 6.10. The fourth-order valence-electron chi connectivity index (χ4n) is 3.97. The number of hydrogen-bond acceptors (Lipinski definition) is 4. The van der Waals surface area contributed by atoms with Crippen molar-refractivity contribution in [3.05, 3.63) is 30.2 Å². The summed E-state index contributed by atoms with van der Waals surface area (Å²) in [6, 6.07) is 4.30. The van der Waals surface area contributed by atoms with Crippen LogP contribution in [-0.2, 0) is 9.53 Å². The minimum absolute atomic E-state index is 0.332. The molecule has 5 heteroatoms. The van der Waals surface area contributed by atoms with Gasteiger partial charge in [-0.1, -0.05) is 6.08 Å². The molecular weight excluding hydrogens is 304 g/mol. The van der Waals surface area contributed by atoms with Gasteiger partial charge in [-0.3, -0.25) is 9.69 Å². The molecule has 0 saturated carbocycles. The third-order valence-electron chi connectivity index (χ3n) is 5.16. The number of nitrogens with zero attached hydrogens (tertiary/aromatic N) is 2. The zero-order chi connectivity index (χ0) is 16.8. The van der Waals surface area contributed by atoms with E-state index in [1.807, 2.05) is 18.2 Å². The summed E-state index contributed by atoms with van der Waals surface area (Å²) >= 11 is 0. The second kappa shape index (κ2) is 8.49. The minimum atomic E-state index is 0.332.